The maximum absolute atomic E-state index is 5.43. The number of benzene rings is 1. The first-order chi connectivity index (χ1) is 8.54. The lowest BCUT2D eigenvalue weighted by molar-refractivity contribution is -0.0999. The highest BCUT2D eigenvalue weighted by Gasteiger charge is 2.33. The van der Waals surface area contributed by atoms with Crippen molar-refractivity contribution in [2.24, 2.45) is 5.41 Å². The van der Waals surface area contributed by atoms with Crippen LogP contribution < -0.4 is 10.1 Å². The fourth-order valence-corrected chi connectivity index (χ4v) is 2.25. The number of hydrogen-bond donors (Lipinski definition) is 1. The normalized spacial score (nSPS) is 19.1. The van der Waals surface area contributed by atoms with E-state index in [2.05, 4.69) is 38.2 Å². The lowest BCUT2D eigenvalue weighted by Crippen LogP contribution is -2.47. The number of rotatable bonds is 5. The Kier molecular flexibility index (Phi) is 3.93. The molecule has 1 aliphatic heterocycles. The van der Waals surface area contributed by atoms with Crippen molar-refractivity contribution in [1.82, 2.24) is 5.32 Å². The van der Waals surface area contributed by atoms with E-state index in [9.17, 15) is 0 Å². The lowest BCUT2D eigenvalue weighted by Gasteiger charge is -2.39. The summed E-state index contributed by atoms with van der Waals surface area (Å²) in [6.07, 6.45) is 0. The van der Waals surface area contributed by atoms with Crippen molar-refractivity contribution < 1.29 is 9.47 Å². The SMILES string of the molecule is COc1ccc(C)cc1C(C)NCC1(C)COC1. The lowest BCUT2D eigenvalue weighted by atomic mass is 9.88. The smallest absolute Gasteiger partial charge is 0.123 e. The zero-order valence-electron chi connectivity index (χ0n) is 11.7. The molecule has 1 atom stereocenters. The summed E-state index contributed by atoms with van der Waals surface area (Å²) < 4.78 is 10.7. The minimum Gasteiger partial charge on any atom is -0.496 e. The van der Waals surface area contributed by atoms with Crippen LogP contribution in [-0.4, -0.2) is 26.9 Å². The van der Waals surface area contributed by atoms with E-state index in [1.54, 1.807) is 7.11 Å². The number of ether oxygens (including phenoxy) is 2. The summed E-state index contributed by atoms with van der Waals surface area (Å²) in [5.74, 6) is 0.954. The molecule has 0 saturated carbocycles. The predicted octanol–water partition coefficient (Wildman–Crippen LogP) is 2.69. The fourth-order valence-electron chi connectivity index (χ4n) is 2.25. The molecule has 0 spiro atoms. The molecule has 1 saturated heterocycles. The Morgan fingerprint density at radius 2 is 2.17 bits per heavy atom. The van der Waals surface area contributed by atoms with Gasteiger partial charge in [-0.05, 0) is 19.9 Å². The van der Waals surface area contributed by atoms with Crippen molar-refractivity contribution in [1.29, 1.82) is 0 Å². The van der Waals surface area contributed by atoms with E-state index in [0.717, 1.165) is 25.5 Å². The molecule has 100 valence electrons. The molecule has 1 aliphatic rings. The fraction of sp³-hybridized carbons (Fsp3) is 0.600. The zero-order chi connectivity index (χ0) is 13.2. The zero-order valence-corrected chi connectivity index (χ0v) is 11.7. The first-order valence-electron chi connectivity index (χ1n) is 6.50. The molecule has 1 unspecified atom stereocenters. The summed E-state index contributed by atoms with van der Waals surface area (Å²) >= 11 is 0. The standard InChI is InChI=1S/C15H23NO2/c1-11-5-6-14(17-4)13(7-11)12(2)16-8-15(3)9-18-10-15/h5-7,12,16H,8-10H2,1-4H3. The first kappa shape index (κ1) is 13.4. The van der Waals surface area contributed by atoms with E-state index < -0.39 is 0 Å². The van der Waals surface area contributed by atoms with Crippen LogP contribution in [0.5, 0.6) is 5.75 Å². The third-order valence-corrected chi connectivity index (χ3v) is 3.59. The summed E-state index contributed by atoms with van der Waals surface area (Å²) in [7, 11) is 1.72. The van der Waals surface area contributed by atoms with Gasteiger partial charge in [0.2, 0.25) is 0 Å². The molecular weight excluding hydrogens is 226 g/mol. The van der Waals surface area contributed by atoms with E-state index in [4.69, 9.17) is 9.47 Å². The van der Waals surface area contributed by atoms with Crippen LogP contribution in [0.15, 0.2) is 18.2 Å². The second-order valence-electron chi connectivity index (χ2n) is 5.65. The maximum atomic E-state index is 5.43. The average molecular weight is 249 g/mol. The monoisotopic (exact) mass is 249 g/mol. The van der Waals surface area contributed by atoms with Crippen molar-refractivity contribution in [2.75, 3.05) is 26.9 Å². The van der Waals surface area contributed by atoms with Gasteiger partial charge in [0.1, 0.15) is 5.75 Å². The maximum Gasteiger partial charge on any atom is 0.123 e. The Bertz CT molecular complexity index is 413. The van der Waals surface area contributed by atoms with E-state index in [0.29, 0.717) is 5.41 Å². The molecule has 1 N–H and O–H groups in total. The second kappa shape index (κ2) is 5.29. The van der Waals surface area contributed by atoms with Gasteiger partial charge in [-0.3, -0.25) is 0 Å². The van der Waals surface area contributed by atoms with Crippen molar-refractivity contribution in [3.8, 4) is 5.75 Å². The van der Waals surface area contributed by atoms with Crippen LogP contribution in [0, 0.1) is 12.3 Å². The molecule has 1 aromatic carbocycles. The predicted molar refractivity (Wildman–Crippen MR) is 73.1 cm³/mol. The van der Waals surface area contributed by atoms with Gasteiger partial charge in [-0.1, -0.05) is 24.6 Å². The van der Waals surface area contributed by atoms with Gasteiger partial charge in [0.05, 0.1) is 20.3 Å². The average Bonchev–Trinajstić information content (AvgIpc) is 2.33. The second-order valence-corrected chi connectivity index (χ2v) is 5.65. The summed E-state index contributed by atoms with van der Waals surface area (Å²) in [6, 6.07) is 6.60. The Labute approximate surface area is 109 Å². The quantitative estimate of drug-likeness (QED) is 0.870. The van der Waals surface area contributed by atoms with Crippen molar-refractivity contribution >= 4 is 0 Å². The number of aryl methyl sites for hydroxylation is 1. The van der Waals surface area contributed by atoms with E-state index in [-0.39, 0.29) is 6.04 Å². The molecule has 1 aromatic rings. The minimum atomic E-state index is 0.289. The third-order valence-electron chi connectivity index (χ3n) is 3.59. The Morgan fingerprint density at radius 1 is 1.44 bits per heavy atom. The van der Waals surface area contributed by atoms with Gasteiger partial charge in [-0.15, -0.1) is 0 Å². The van der Waals surface area contributed by atoms with Crippen molar-refractivity contribution in [3.63, 3.8) is 0 Å². The summed E-state index contributed by atoms with van der Waals surface area (Å²) in [5.41, 5.74) is 2.78. The topological polar surface area (TPSA) is 30.5 Å². The number of methoxy groups -OCH3 is 1. The van der Waals surface area contributed by atoms with E-state index in [1.807, 2.05) is 6.07 Å². The molecule has 0 aliphatic carbocycles. The minimum absolute atomic E-state index is 0.289. The Balaban J connectivity index is 2.03. The van der Waals surface area contributed by atoms with Crippen LogP contribution in [0.4, 0.5) is 0 Å². The molecule has 0 radical (unpaired) electrons. The molecule has 18 heavy (non-hydrogen) atoms. The molecular formula is C15H23NO2. The van der Waals surface area contributed by atoms with Gasteiger partial charge >= 0.3 is 0 Å². The van der Waals surface area contributed by atoms with Crippen LogP contribution >= 0.6 is 0 Å². The first-order valence-corrected chi connectivity index (χ1v) is 6.50. The summed E-state index contributed by atoms with van der Waals surface area (Å²) in [6.45, 7) is 9.24. The van der Waals surface area contributed by atoms with Crippen LogP contribution in [0.3, 0.4) is 0 Å². The largest absolute Gasteiger partial charge is 0.496 e. The molecule has 2 rings (SSSR count). The van der Waals surface area contributed by atoms with Crippen molar-refractivity contribution in [2.45, 2.75) is 26.8 Å². The van der Waals surface area contributed by atoms with E-state index >= 15 is 0 Å². The summed E-state index contributed by atoms with van der Waals surface area (Å²) in [5, 5.41) is 3.58. The van der Waals surface area contributed by atoms with Crippen LogP contribution in [0.1, 0.15) is 31.0 Å². The van der Waals surface area contributed by atoms with Gasteiger partial charge in [0.15, 0.2) is 0 Å². The van der Waals surface area contributed by atoms with Gasteiger partial charge < -0.3 is 14.8 Å². The molecule has 3 nitrogen and oxygen atoms in total. The summed E-state index contributed by atoms with van der Waals surface area (Å²) in [4.78, 5) is 0. The van der Waals surface area contributed by atoms with Gasteiger partial charge in [0.25, 0.3) is 0 Å². The highest BCUT2D eigenvalue weighted by atomic mass is 16.5. The Hall–Kier alpha value is -1.06. The molecule has 1 heterocycles. The van der Waals surface area contributed by atoms with Gasteiger partial charge in [-0.2, -0.15) is 0 Å². The highest BCUT2D eigenvalue weighted by molar-refractivity contribution is 5.38. The molecule has 1 fully saturated rings. The van der Waals surface area contributed by atoms with Crippen LogP contribution in [-0.2, 0) is 4.74 Å². The molecule has 0 amide bonds. The van der Waals surface area contributed by atoms with E-state index in [1.165, 1.54) is 11.1 Å². The van der Waals surface area contributed by atoms with Crippen LogP contribution in [0.25, 0.3) is 0 Å². The molecule has 0 bridgehead atoms. The Morgan fingerprint density at radius 3 is 2.72 bits per heavy atom. The van der Waals surface area contributed by atoms with Crippen LogP contribution in [0.2, 0.25) is 0 Å². The highest BCUT2D eigenvalue weighted by Crippen LogP contribution is 2.29. The number of hydrogen-bond acceptors (Lipinski definition) is 3. The molecule has 0 aromatic heterocycles. The van der Waals surface area contributed by atoms with Gasteiger partial charge in [-0.25, -0.2) is 0 Å². The molecule has 3 heteroatoms. The van der Waals surface area contributed by atoms with Gasteiger partial charge in [0, 0.05) is 23.6 Å². The van der Waals surface area contributed by atoms with Crippen molar-refractivity contribution in [3.05, 3.63) is 29.3 Å². The number of nitrogens with one attached hydrogen (secondary N) is 1. The third kappa shape index (κ3) is 2.85.